The Balaban J connectivity index is 3.46. The van der Waals surface area contributed by atoms with Gasteiger partial charge in [0, 0.05) is 13.2 Å². The van der Waals surface area contributed by atoms with E-state index in [1.165, 1.54) is 0 Å². The molecule has 0 radical (unpaired) electrons. The van der Waals surface area contributed by atoms with E-state index in [0.717, 1.165) is 7.05 Å². The molecule has 14 heavy (non-hydrogen) atoms. The van der Waals surface area contributed by atoms with Crippen molar-refractivity contribution < 1.29 is 25.5 Å². The molecule has 0 bridgehead atoms. The zero-order valence-corrected chi connectivity index (χ0v) is 7.52. The lowest BCUT2D eigenvalue weighted by Crippen LogP contribution is -2.10. The first-order chi connectivity index (χ1) is 6.12. The van der Waals surface area contributed by atoms with Gasteiger partial charge in [-0.05, 0) is 0 Å². The summed E-state index contributed by atoms with van der Waals surface area (Å²) in [4.78, 5) is -1.47. The summed E-state index contributed by atoms with van der Waals surface area (Å²) in [6.45, 7) is 0. The first-order valence-corrected chi connectivity index (χ1v) is 4.56. The van der Waals surface area contributed by atoms with Gasteiger partial charge in [0.2, 0.25) is 0 Å². The molecule has 1 rings (SSSR count). The standard InChI is InChI=1S/C5H4F4N2O2S/c1-11-2-3(14(9,12)13)4(10-11)5(6,7)8/h2H,1H3. The van der Waals surface area contributed by atoms with Crippen LogP contribution >= 0.6 is 0 Å². The van der Waals surface area contributed by atoms with Gasteiger partial charge in [0.1, 0.15) is 4.90 Å². The molecule has 0 saturated heterocycles. The van der Waals surface area contributed by atoms with Crippen LogP contribution < -0.4 is 0 Å². The number of hydrogen-bond donors (Lipinski definition) is 0. The molecule has 0 aliphatic rings. The second-order valence-electron chi connectivity index (χ2n) is 2.45. The molecule has 0 unspecified atom stereocenters. The van der Waals surface area contributed by atoms with Gasteiger partial charge in [-0.3, -0.25) is 4.68 Å². The van der Waals surface area contributed by atoms with E-state index in [0.29, 0.717) is 10.9 Å². The number of aryl methyl sites for hydroxylation is 1. The molecule has 1 aromatic rings. The van der Waals surface area contributed by atoms with Gasteiger partial charge in [-0.1, -0.05) is 0 Å². The molecule has 0 saturated carbocycles. The Hall–Kier alpha value is -1.12. The van der Waals surface area contributed by atoms with Gasteiger partial charge in [0.25, 0.3) is 0 Å². The third-order valence-corrected chi connectivity index (χ3v) is 2.15. The first kappa shape index (κ1) is 11.0. The summed E-state index contributed by atoms with van der Waals surface area (Å²) in [7, 11) is -4.34. The quantitative estimate of drug-likeness (QED) is 0.538. The van der Waals surface area contributed by atoms with Crippen molar-refractivity contribution >= 4 is 10.2 Å². The van der Waals surface area contributed by atoms with Crippen LogP contribution in [-0.2, 0) is 23.4 Å². The highest BCUT2D eigenvalue weighted by Crippen LogP contribution is 2.33. The molecule has 0 atom stereocenters. The highest BCUT2D eigenvalue weighted by molar-refractivity contribution is 7.86. The van der Waals surface area contributed by atoms with E-state index >= 15 is 0 Å². The number of halogens is 4. The summed E-state index contributed by atoms with van der Waals surface area (Å²) in [5, 5.41) is 2.82. The van der Waals surface area contributed by atoms with Crippen LogP contribution in [0, 0.1) is 0 Å². The lowest BCUT2D eigenvalue weighted by molar-refractivity contribution is -0.143. The number of alkyl halides is 3. The molecular formula is C5H4F4N2O2S. The van der Waals surface area contributed by atoms with Crippen LogP contribution in [-0.4, -0.2) is 18.2 Å². The van der Waals surface area contributed by atoms with Crippen molar-refractivity contribution in [3.8, 4) is 0 Å². The Labute approximate surface area is 76.4 Å². The summed E-state index contributed by atoms with van der Waals surface area (Å²) in [6, 6.07) is 0. The molecule has 0 spiro atoms. The van der Waals surface area contributed by atoms with Gasteiger partial charge in [-0.25, -0.2) is 0 Å². The fourth-order valence-corrected chi connectivity index (χ4v) is 1.51. The molecule has 0 aliphatic heterocycles. The summed E-state index contributed by atoms with van der Waals surface area (Å²) in [5.41, 5.74) is -1.75. The van der Waals surface area contributed by atoms with E-state index in [1.807, 2.05) is 0 Å². The summed E-state index contributed by atoms with van der Waals surface area (Å²) < 4.78 is 69.8. The molecule has 4 nitrogen and oxygen atoms in total. The van der Waals surface area contributed by atoms with Gasteiger partial charge in [0.15, 0.2) is 5.69 Å². The molecular weight excluding hydrogens is 228 g/mol. The molecule has 0 fully saturated rings. The lowest BCUT2D eigenvalue weighted by atomic mass is 10.4. The Morgan fingerprint density at radius 3 is 2.21 bits per heavy atom. The Kier molecular flexibility index (Phi) is 2.30. The zero-order chi connectivity index (χ0) is 11.1. The van der Waals surface area contributed by atoms with Gasteiger partial charge in [-0.15, -0.1) is 3.89 Å². The Bertz CT molecular complexity index is 447. The molecule has 9 heteroatoms. The van der Waals surface area contributed by atoms with E-state index in [1.54, 1.807) is 0 Å². The van der Waals surface area contributed by atoms with Gasteiger partial charge in [-0.2, -0.15) is 26.7 Å². The molecule has 1 aromatic heterocycles. The molecule has 1 heterocycles. The first-order valence-electron chi connectivity index (χ1n) is 3.18. The van der Waals surface area contributed by atoms with Crippen molar-refractivity contribution in [2.45, 2.75) is 11.1 Å². The average molecular weight is 232 g/mol. The van der Waals surface area contributed by atoms with E-state index in [9.17, 15) is 25.5 Å². The fourth-order valence-electron chi connectivity index (χ4n) is 0.842. The molecule has 0 N–H and O–H groups in total. The van der Waals surface area contributed by atoms with Crippen LogP contribution in [0.15, 0.2) is 11.1 Å². The second-order valence-corrected chi connectivity index (χ2v) is 3.77. The normalized spacial score (nSPS) is 13.2. The zero-order valence-electron chi connectivity index (χ0n) is 6.71. The lowest BCUT2D eigenvalue weighted by Gasteiger charge is -2.02. The third kappa shape index (κ3) is 2.03. The maximum atomic E-state index is 12.3. The average Bonchev–Trinajstić information content (AvgIpc) is 2.27. The summed E-state index contributed by atoms with van der Waals surface area (Å²) in [5.74, 6) is 0. The predicted molar refractivity (Wildman–Crippen MR) is 36.5 cm³/mol. The molecule has 0 aromatic carbocycles. The predicted octanol–water partition coefficient (Wildman–Crippen LogP) is 1.10. The summed E-state index contributed by atoms with van der Waals surface area (Å²) >= 11 is 0. The van der Waals surface area contributed by atoms with E-state index < -0.39 is 27.0 Å². The van der Waals surface area contributed by atoms with Crippen molar-refractivity contribution in [3.05, 3.63) is 11.9 Å². The highest BCUT2D eigenvalue weighted by atomic mass is 32.3. The van der Waals surface area contributed by atoms with Crippen LogP contribution in [0.2, 0.25) is 0 Å². The van der Waals surface area contributed by atoms with Crippen LogP contribution in [0.4, 0.5) is 17.1 Å². The minimum atomic E-state index is -5.40. The fraction of sp³-hybridized carbons (Fsp3) is 0.400. The second kappa shape index (κ2) is 2.94. The van der Waals surface area contributed by atoms with Gasteiger partial charge in [0.05, 0.1) is 0 Å². The SMILES string of the molecule is Cn1cc(S(=O)(=O)F)c(C(F)(F)F)n1. The Morgan fingerprint density at radius 1 is 1.43 bits per heavy atom. The number of aromatic nitrogens is 2. The monoisotopic (exact) mass is 232 g/mol. The highest BCUT2D eigenvalue weighted by Gasteiger charge is 2.41. The Morgan fingerprint density at radius 2 is 1.93 bits per heavy atom. The topological polar surface area (TPSA) is 52.0 Å². The molecule has 80 valence electrons. The molecule has 0 aliphatic carbocycles. The number of hydrogen-bond acceptors (Lipinski definition) is 3. The maximum Gasteiger partial charge on any atom is 0.436 e. The van der Waals surface area contributed by atoms with Crippen molar-refractivity contribution in [3.63, 3.8) is 0 Å². The maximum absolute atomic E-state index is 12.3. The van der Waals surface area contributed by atoms with Crippen LogP contribution in [0.3, 0.4) is 0 Å². The smallest absolute Gasteiger partial charge is 0.274 e. The van der Waals surface area contributed by atoms with Crippen molar-refractivity contribution in [2.75, 3.05) is 0 Å². The van der Waals surface area contributed by atoms with E-state index in [4.69, 9.17) is 0 Å². The minimum Gasteiger partial charge on any atom is -0.274 e. The molecule has 0 amide bonds. The number of rotatable bonds is 1. The van der Waals surface area contributed by atoms with Gasteiger partial charge < -0.3 is 0 Å². The number of nitrogens with zero attached hydrogens (tertiary/aromatic N) is 2. The van der Waals surface area contributed by atoms with Crippen LogP contribution in [0.5, 0.6) is 0 Å². The van der Waals surface area contributed by atoms with Crippen molar-refractivity contribution in [1.82, 2.24) is 9.78 Å². The van der Waals surface area contributed by atoms with Crippen molar-refractivity contribution in [2.24, 2.45) is 7.05 Å². The third-order valence-electron chi connectivity index (χ3n) is 1.33. The van der Waals surface area contributed by atoms with E-state index in [-0.39, 0.29) is 0 Å². The summed E-state index contributed by atoms with van der Waals surface area (Å²) in [6.07, 6.45) is -4.53. The van der Waals surface area contributed by atoms with Crippen molar-refractivity contribution in [1.29, 1.82) is 0 Å². The largest absolute Gasteiger partial charge is 0.436 e. The van der Waals surface area contributed by atoms with Crippen LogP contribution in [0.1, 0.15) is 5.69 Å². The van der Waals surface area contributed by atoms with Gasteiger partial charge >= 0.3 is 16.4 Å². The minimum absolute atomic E-state index is 0.457. The van der Waals surface area contributed by atoms with E-state index in [2.05, 4.69) is 5.10 Å². The van der Waals surface area contributed by atoms with Crippen LogP contribution in [0.25, 0.3) is 0 Å².